The zero-order valence-electron chi connectivity index (χ0n) is 18.2. The fourth-order valence-corrected chi connectivity index (χ4v) is 3.87. The summed E-state index contributed by atoms with van der Waals surface area (Å²) < 4.78 is 21.6. The number of halogens is 1. The summed E-state index contributed by atoms with van der Waals surface area (Å²) in [5.41, 5.74) is 3.81. The molecule has 4 rings (SSSR count). The van der Waals surface area contributed by atoms with E-state index >= 15 is 0 Å². The number of carbonyl (C=O) groups excluding carboxylic acids is 1. The van der Waals surface area contributed by atoms with Crippen molar-refractivity contribution in [2.24, 2.45) is 0 Å². The van der Waals surface area contributed by atoms with Gasteiger partial charge >= 0.3 is 0 Å². The third-order valence-electron chi connectivity index (χ3n) is 5.52. The first-order valence-electron chi connectivity index (χ1n) is 10.9. The molecule has 3 aromatic carbocycles. The Kier molecular flexibility index (Phi) is 6.85. The average Bonchev–Trinajstić information content (AvgIpc) is 3.16. The largest absolute Gasteiger partial charge is 0.494 e. The fraction of sp³-hybridized carbons (Fsp3) is 0.222. The lowest BCUT2D eigenvalue weighted by Gasteiger charge is -2.07. The van der Waals surface area contributed by atoms with Gasteiger partial charge in [-0.15, -0.1) is 0 Å². The number of hydrogen-bond acceptors (Lipinski definition) is 2. The summed E-state index contributed by atoms with van der Waals surface area (Å²) >= 11 is 0. The smallest absolute Gasteiger partial charge is 0.220 e. The van der Waals surface area contributed by atoms with Gasteiger partial charge in [-0.2, -0.15) is 0 Å². The molecule has 1 aromatic heterocycles. The molecule has 164 valence electrons. The maximum Gasteiger partial charge on any atom is 0.220 e. The number of ether oxygens (including phenoxy) is 1. The number of aryl methyl sites for hydroxylation is 1. The lowest BCUT2D eigenvalue weighted by Crippen LogP contribution is -2.22. The molecule has 0 aliphatic heterocycles. The van der Waals surface area contributed by atoms with E-state index in [0.29, 0.717) is 38.1 Å². The Hall–Kier alpha value is -3.60. The third kappa shape index (κ3) is 5.17. The van der Waals surface area contributed by atoms with Crippen LogP contribution in [0.5, 0.6) is 5.75 Å². The maximum absolute atomic E-state index is 14.1. The van der Waals surface area contributed by atoms with E-state index in [9.17, 15) is 9.18 Å². The second-order valence-corrected chi connectivity index (χ2v) is 7.74. The quantitative estimate of drug-likeness (QED) is 0.382. The van der Waals surface area contributed by atoms with Crippen molar-refractivity contribution < 1.29 is 13.9 Å². The Labute approximate surface area is 187 Å². The molecular formula is C27H27FN2O2. The molecule has 0 atom stereocenters. The molecule has 0 unspecified atom stereocenters. The predicted molar refractivity (Wildman–Crippen MR) is 125 cm³/mol. The molecule has 4 nitrogen and oxygen atoms in total. The molecule has 0 aliphatic rings. The summed E-state index contributed by atoms with van der Waals surface area (Å²) in [6.07, 6.45) is 3.06. The van der Waals surface area contributed by atoms with Gasteiger partial charge in [0, 0.05) is 35.6 Å². The SMILES string of the molecule is CCOc1ccc(CNC(=O)CCc2cn(Cc3ccccc3F)c3ccccc23)cc1. The third-order valence-corrected chi connectivity index (χ3v) is 5.52. The molecule has 1 heterocycles. The molecule has 0 saturated carbocycles. The van der Waals surface area contributed by atoms with Crippen molar-refractivity contribution in [2.45, 2.75) is 32.9 Å². The predicted octanol–water partition coefficient (Wildman–Crippen LogP) is 5.48. The molecule has 32 heavy (non-hydrogen) atoms. The van der Waals surface area contributed by atoms with E-state index in [0.717, 1.165) is 27.8 Å². The number of aromatic nitrogens is 1. The lowest BCUT2D eigenvalue weighted by molar-refractivity contribution is -0.121. The summed E-state index contributed by atoms with van der Waals surface area (Å²) in [4.78, 5) is 12.4. The van der Waals surface area contributed by atoms with Crippen molar-refractivity contribution in [3.63, 3.8) is 0 Å². The Morgan fingerprint density at radius 3 is 2.50 bits per heavy atom. The van der Waals surface area contributed by atoms with Gasteiger partial charge < -0.3 is 14.6 Å². The topological polar surface area (TPSA) is 43.3 Å². The van der Waals surface area contributed by atoms with Crippen LogP contribution in [0.4, 0.5) is 4.39 Å². The van der Waals surface area contributed by atoms with E-state index in [1.165, 1.54) is 6.07 Å². The zero-order valence-corrected chi connectivity index (χ0v) is 18.2. The van der Waals surface area contributed by atoms with Crippen LogP contribution in [0.25, 0.3) is 10.9 Å². The van der Waals surface area contributed by atoms with Crippen molar-refractivity contribution in [2.75, 3.05) is 6.61 Å². The van der Waals surface area contributed by atoms with E-state index in [-0.39, 0.29) is 11.7 Å². The van der Waals surface area contributed by atoms with Crippen molar-refractivity contribution in [1.29, 1.82) is 0 Å². The summed E-state index contributed by atoms with van der Waals surface area (Å²) in [5.74, 6) is 0.625. The number of carbonyl (C=O) groups is 1. The molecule has 0 spiro atoms. The van der Waals surface area contributed by atoms with Crippen LogP contribution >= 0.6 is 0 Å². The van der Waals surface area contributed by atoms with Gasteiger partial charge in [0.2, 0.25) is 5.91 Å². The number of nitrogens with zero attached hydrogens (tertiary/aromatic N) is 1. The van der Waals surface area contributed by atoms with Crippen molar-refractivity contribution in [3.05, 3.63) is 102 Å². The van der Waals surface area contributed by atoms with Crippen LogP contribution in [0, 0.1) is 5.82 Å². The van der Waals surface area contributed by atoms with Gasteiger partial charge in [0.25, 0.3) is 0 Å². The van der Waals surface area contributed by atoms with Crippen LogP contribution < -0.4 is 10.1 Å². The molecule has 0 radical (unpaired) electrons. The minimum Gasteiger partial charge on any atom is -0.494 e. The number of para-hydroxylation sites is 1. The highest BCUT2D eigenvalue weighted by atomic mass is 19.1. The molecule has 0 bridgehead atoms. The molecule has 0 aliphatic carbocycles. The molecule has 0 saturated heterocycles. The Morgan fingerprint density at radius 2 is 1.72 bits per heavy atom. The highest BCUT2D eigenvalue weighted by molar-refractivity contribution is 5.85. The van der Waals surface area contributed by atoms with Crippen LogP contribution in [-0.4, -0.2) is 17.1 Å². The average molecular weight is 431 g/mol. The Bertz CT molecular complexity index is 1200. The minimum absolute atomic E-state index is 0.00446. The molecule has 1 N–H and O–H groups in total. The van der Waals surface area contributed by atoms with Crippen molar-refractivity contribution in [3.8, 4) is 5.75 Å². The van der Waals surface area contributed by atoms with Gasteiger partial charge in [-0.05, 0) is 48.7 Å². The van der Waals surface area contributed by atoms with Crippen LogP contribution in [0.15, 0.2) is 79.0 Å². The van der Waals surface area contributed by atoms with Gasteiger partial charge in [-0.25, -0.2) is 4.39 Å². The van der Waals surface area contributed by atoms with Gasteiger partial charge in [0.15, 0.2) is 0 Å². The highest BCUT2D eigenvalue weighted by Gasteiger charge is 2.12. The summed E-state index contributed by atoms with van der Waals surface area (Å²) in [6.45, 7) is 3.52. The number of hydrogen-bond donors (Lipinski definition) is 1. The number of fused-ring (bicyclic) bond motifs is 1. The zero-order chi connectivity index (χ0) is 22.3. The van der Waals surface area contributed by atoms with Crippen LogP contribution in [0.3, 0.4) is 0 Å². The first kappa shape index (κ1) is 21.6. The van der Waals surface area contributed by atoms with E-state index in [1.54, 1.807) is 12.1 Å². The monoisotopic (exact) mass is 430 g/mol. The Balaban J connectivity index is 1.39. The second kappa shape index (κ2) is 10.1. The standard InChI is InChI=1S/C27H27FN2O2/c1-2-32-23-14-11-20(12-15-23)17-29-27(31)16-13-21-18-30(26-10-6-4-8-24(21)26)19-22-7-3-5-9-25(22)28/h3-12,14-15,18H,2,13,16-17,19H2,1H3,(H,29,31). The van der Waals surface area contributed by atoms with Gasteiger partial charge in [0.1, 0.15) is 11.6 Å². The molecular weight excluding hydrogens is 403 g/mol. The molecule has 5 heteroatoms. The normalized spacial score (nSPS) is 10.9. The van der Waals surface area contributed by atoms with Gasteiger partial charge in [0.05, 0.1) is 13.2 Å². The van der Waals surface area contributed by atoms with Gasteiger partial charge in [-0.1, -0.05) is 48.5 Å². The maximum atomic E-state index is 14.1. The second-order valence-electron chi connectivity index (χ2n) is 7.74. The van der Waals surface area contributed by atoms with Crippen molar-refractivity contribution >= 4 is 16.8 Å². The summed E-state index contributed by atoms with van der Waals surface area (Å²) in [6, 6.07) is 22.6. The minimum atomic E-state index is -0.208. The number of benzene rings is 3. The van der Waals surface area contributed by atoms with Crippen molar-refractivity contribution in [1.82, 2.24) is 9.88 Å². The molecule has 0 fully saturated rings. The number of nitrogens with one attached hydrogen (secondary N) is 1. The molecule has 1 amide bonds. The van der Waals surface area contributed by atoms with Gasteiger partial charge in [-0.3, -0.25) is 4.79 Å². The van der Waals surface area contributed by atoms with Crippen LogP contribution in [0.1, 0.15) is 30.0 Å². The number of rotatable bonds is 9. The van der Waals surface area contributed by atoms with Crippen LogP contribution in [0.2, 0.25) is 0 Å². The van der Waals surface area contributed by atoms with E-state index in [1.807, 2.05) is 61.7 Å². The summed E-state index contributed by atoms with van der Waals surface area (Å²) in [7, 11) is 0. The first-order valence-corrected chi connectivity index (χ1v) is 10.9. The highest BCUT2D eigenvalue weighted by Crippen LogP contribution is 2.24. The Morgan fingerprint density at radius 1 is 0.969 bits per heavy atom. The van der Waals surface area contributed by atoms with E-state index in [2.05, 4.69) is 16.0 Å². The lowest BCUT2D eigenvalue weighted by atomic mass is 10.1. The first-order chi connectivity index (χ1) is 15.6. The number of amides is 1. The fourth-order valence-electron chi connectivity index (χ4n) is 3.87. The molecule has 4 aromatic rings. The van der Waals surface area contributed by atoms with E-state index < -0.39 is 0 Å². The summed E-state index contributed by atoms with van der Waals surface area (Å²) in [5, 5.41) is 4.09. The van der Waals surface area contributed by atoms with E-state index in [4.69, 9.17) is 4.74 Å². The van der Waals surface area contributed by atoms with Crippen LogP contribution in [-0.2, 0) is 24.3 Å².